The van der Waals surface area contributed by atoms with Crippen molar-refractivity contribution in [2.75, 3.05) is 0 Å². The first-order valence-electron chi connectivity index (χ1n) is 4.72. The van der Waals surface area contributed by atoms with Gasteiger partial charge >= 0.3 is 0 Å². The molecule has 1 heteroatoms. The Labute approximate surface area is 84.2 Å². The van der Waals surface area contributed by atoms with Gasteiger partial charge in [0.1, 0.15) is 0 Å². The molecule has 1 aromatic heterocycles. The molecule has 0 N–H and O–H groups in total. The van der Waals surface area contributed by atoms with Gasteiger partial charge in [-0.05, 0) is 47.9 Å². The minimum atomic E-state index is 1.37. The molecule has 0 saturated heterocycles. The fourth-order valence-electron chi connectivity index (χ4n) is 1.22. The summed E-state index contributed by atoms with van der Waals surface area (Å²) >= 11 is 1.81. The first-order chi connectivity index (χ1) is 6.27. The average molecular weight is 192 g/mol. The van der Waals surface area contributed by atoms with Gasteiger partial charge in [-0.2, -0.15) is 0 Å². The molecule has 1 heterocycles. The van der Waals surface area contributed by atoms with Gasteiger partial charge < -0.3 is 0 Å². The topological polar surface area (TPSA) is 0 Å². The summed E-state index contributed by atoms with van der Waals surface area (Å²) in [5.41, 5.74) is 2.77. The van der Waals surface area contributed by atoms with E-state index in [4.69, 9.17) is 0 Å². The lowest BCUT2D eigenvalue weighted by molar-refractivity contribution is 1.37. The van der Waals surface area contributed by atoms with E-state index < -0.39 is 0 Å². The molecule has 0 radical (unpaired) electrons. The number of benzene rings is 1. The normalized spacial score (nSPS) is 9.54. The van der Waals surface area contributed by atoms with Crippen LogP contribution in [0, 0.1) is 13.8 Å². The number of thiophene rings is 1. The molecule has 0 spiro atoms. The van der Waals surface area contributed by atoms with E-state index in [2.05, 4.69) is 37.4 Å². The summed E-state index contributed by atoms with van der Waals surface area (Å²) in [4.78, 5) is 0. The van der Waals surface area contributed by atoms with Gasteiger partial charge in [-0.15, -0.1) is 11.3 Å². The quantitative estimate of drug-likeness (QED) is 0.574. The van der Waals surface area contributed by atoms with E-state index in [-0.39, 0.29) is 0 Å². The molecule has 2 rings (SSSR count). The number of aryl methyl sites for hydroxylation is 2. The first kappa shape index (κ1) is 10.3. The Balaban J connectivity index is 0.000000396. The van der Waals surface area contributed by atoms with Gasteiger partial charge in [0.05, 0.1) is 0 Å². The molecular weight excluding hydrogens is 176 g/mol. The van der Waals surface area contributed by atoms with Crippen molar-refractivity contribution in [1.29, 1.82) is 0 Å². The molecule has 0 fully saturated rings. The second-order valence-corrected chi connectivity index (χ2v) is 3.84. The standard InChI is InChI=1S/C10H10S.C2H6/c1-7-5-9-3-4-11-10(9)6-8(7)2;1-2/h3-6H,1-2H3;1-2H3. The summed E-state index contributed by atoms with van der Waals surface area (Å²) in [5, 5.41) is 3.52. The van der Waals surface area contributed by atoms with Crippen molar-refractivity contribution in [2.45, 2.75) is 27.7 Å². The zero-order valence-electron chi connectivity index (χ0n) is 8.72. The second kappa shape index (κ2) is 4.43. The van der Waals surface area contributed by atoms with E-state index in [1.807, 2.05) is 25.2 Å². The summed E-state index contributed by atoms with van der Waals surface area (Å²) in [6, 6.07) is 6.68. The molecule has 0 saturated carbocycles. The zero-order valence-corrected chi connectivity index (χ0v) is 9.53. The molecule has 1 aromatic carbocycles. The molecule has 0 aliphatic heterocycles. The molecular formula is C12H16S. The average Bonchev–Trinajstić information content (AvgIpc) is 2.56. The van der Waals surface area contributed by atoms with E-state index >= 15 is 0 Å². The van der Waals surface area contributed by atoms with Gasteiger partial charge in [0.2, 0.25) is 0 Å². The molecule has 0 aliphatic carbocycles. The van der Waals surface area contributed by atoms with E-state index in [0.717, 1.165) is 0 Å². The minimum absolute atomic E-state index is 1.37. The molecule has 13 heavy (non-hydrogen) atoms. The highest BCUT2D eigenvalue weighted by molar-refractivity contribution is 7.17. The van der Waals surface area contributed by atoms with Crippen molar-refractivity contribution in [3.05, 3.63) is 34.7 Å². The van der Waals surface area contributed by atoms with Gasteiger partial charge in [-0.25, -0.2) is 0 Å². The number of hydrogen-bond acceptors (Lipinski definition) is 1. The van der Waals surface area contributed by atoms with Crippen LogP contribution in [-0.4, -0.2) is 0 Å². The highest BCUT2D eigenvalue weighted by Crippen LogP contribution is 2.23. The van der Waals surface area contributed by atoms with E-state index in [0.29, 0.717) is 0 Å². The van der Waals surface area contributed by atoms with Crippen molar-refractivity contribution in [3.8, 4) is 0 Å². The van der Waals surface area contributed by atoms with Crippen LogP contribution in [-0.2, 0) is 0 Å². The predicted octanol–water partition coefficient (Wildman–Crippen LogP) is 4.54. The van der Waals surface area contributed by atoms with Gasteiger partial charge in [-0.1, -0.05) is 19.9 Å². The molecule has 0 amide bonds. The molecule has 2 aromatic rings. The zero-order chi connectivity index (χ0) is 9.84. The van der Waals surface area contributed by atoms with E-state index in [1.54, 1.807) is 0 Å². The van der Waals surface area contributed by atoms with Crippen LogP contribution in [0.5, 0.6) is 0 Å². The Morgan fingerprint density at radius 1 is 1.00 bits per heavy atom. The Morgan fingerprint density at radius 3 is 2.31 bits per heavy atom. The predicted molar refractivity (Wildman–Crippen MR) is 62.6 cm³/mol. The highest BCUT2D eigenvalue weighted by Gasteiger charge is 1.97. The third kappa shape index (κ3) is 2.10. The van der Waals surface area contributed by atoms with Crippen LogP contribution in [0.1, 0.15) is 25.0 Å². The summed E-state index contributed by atoms with van der Waals surface area (Å²) < 4.78 is 1.40. The van der Waals surface area contributed by atoms with Crippen molar-refractivity contribution in [1.82, 2.24) is 0 Å². The van der Waals surface area contributed by atoms with Crippen LogP contribution in [0.25, 0.3) is 10.1 Å². The van der Waals surface area contributed by atoms with Gasteiger partial charge in [0.15, 0.2) is 0 Å². The van der Waals surface area contributed by atoms with Crippen LogP contribution in [0.15, 0.2) is 23.6 Å². The molecule has 0 aliphatic rings. The second-order valence-electron chi connectivity index (χ2n) is 2.89. The van der Waals surface area contributed by atoms with E-state index in [1.165, 1.54) is 21.2 Å². The molecule has 70 valence electrons. The SMILES string of the molecule is CC.Cc1cc2ccsc2cc1C. The fraction of sp³-hybridized carbons (Fsp3) is 0.333. The fourth-order valence-corrected chi connectivity index (χ4v) is 2.09. The maximum absolute atomic E-state index is 2.26. The molecule has 0 atom stereocenters. The van der Waals surface area contributed by atoms with Crippen LogP contribution in [0.4, 0.5) is 0 Å². The van der Waals surface area contributed by atoms with Crippen LogP contribution in [0.3, 0.4) is 0 Å². The lowest BCUT2D eigenvalue weighted by atomic mass is 10.1. The molecule has 0 unspecified atom stereocenters. The third-order valence-electron chi connectivity index (χ3n) is 2.07. The lowest BCUT2D eigenvalue weighted by Crippen LogP contribution is -1.77. The maximum Gasteiger partial charge on any atom is 0.0345 e. The largest absolute Gasteiger partial charge is 0.144 e. The molecule has 0 bridgehead atoms. The monoisotopic (exact) mass is 192 g/mol. The van der Waals surface area contributed by atoms with Crippen molar-refractivity contribution < 1.29 is 0 Å². The first-order valence-corrected chi connectivity index (χ1v) is 5.60. The van der Waals surface area contributed by atoms with Crippen LogP contribution in [0.2, 0.25) is 0 Å². The van der Waals surface area contributed by atoms with Crippen molar-refractivity contribution in [2.24, 2.45) is 0 Å². The van der Waals surface area contributed by atoms with Crippen molar-refractivity contribution >= 4 is 21.4 Å². The summed E-state index contributed by atoms with van der Waals surface area (Å²) in [5.74, 6) is 0. The Kier molecular flexibility index (Phi) is 3.49. The summed E-state index contributed by atoms with van der Waals surface area (Å²) in [6.45, 7) is 8.32. The number of rotatable bonds is 0. The van der Waals surface area contributed by atoms with Gasteiger partial charge in [0, 0.05) is 4.70 Å². The van der Waals surface area contributed by atoms with Gasteiger partial charge in [0.25, 0.3) is 0 Å². The summed E-state index contributed by atoms with van der Waals surface area (Å²) in [7, 11) is 0. The van der Waals surface area contributed by atoms with E-state index in [9.17, 15) is 0 Å². The number of hydrogen-bond donors (Lipinski definition) is 0. The van der Waals surface area contributed by atoms with Crippen LogP contribution < -0.4 is 0 Å². The Morgan fingerprint density at radius 2 is 1.62 bits per heavy atom. The maximum atomic E-state index is 2.26. The third-order valence-corrected chi connectivity index (χ3v) is 2.95. The van der Waals surface area contributed by atoms with Crippen LogP contribution >= 0.6 is 11.3 Å². The Bertz CT molecular complexity index is 349. The lowest BCUT2D eigenvalue weighted by Gasteiger charge is -1.98. The molecule has 0 nitrogen and oxygen atoms in total. The number of fused-ring (bicyclic) bond motifs is 1. The van der Waals surface area contributed by atoms with Crippen molar-refractivity contribution in [3.63, 3.8) is 0 Å². The minimum Gasteiger partial charge on any atom is -0.144 e. The Hall–Kier alpha value is -0.820. The van der Waals surface area contributed by atoms with Gasteiger partial charge in [-0.3, -0.25) is 0 Å². The smallest absolute Gasteiger partial charge is 0.0345 e. The summed E-state index contributed by atoms with van der Waals surface area (Å²) in [6.07, 6.45) is 0. The highest BCUT2D eigenvalue weighted by atomic mass is 32.1.